The standard InChI is InChI=1S/C18H20/c1-3-5-7-9-11-13-15-17-18-16-14-12-10-8-6-4-2/h3-18H,1-2H2/b7-5+,8-6+,11-9+,12-10+,15-13+,16-14+,18-17+. The monoisotopic (exact) mass is 236 g/mol. The van der Waals surface area contributed by atoms with E-state index in [1.165, 1.54) is 0 Å². The Morgan fingerprint density at radius 1 is 0.278 bits per heavy atom. The number of hydrogen-bond acceptors (Lipinski definition) is 0. The van der Waals surface area contributed by atoms with Gasteiger partial charge in [0.05, 0.1) is 0 Å². The Kier molecular flexibility index (Phi) is 12.8. The molecule has 0 heterocycles. The lowest BCUT2D eigenvalue weighted by Gasteiger charge is -1.75. The first kappa shape index (κ1) is 15.7. The molecule has 0 amide bonds. The second kappa shape index (κ2) is 14.7. The lowest BCUT2D eigenvalue weighted by Crippen LogP contribution is -1.53. The van der Waals surface area contributed by atoms with Crippen LogP contribution in [0.25, 0.3) is 0 Å². The van der Waals surface area contributed by atoms with Gasteiger partial charge in [-0.15, -0.1) is 0 Å². The number of hydrogen-bond donors (Lipinski definition) is 0. The summed E-state index contributed by atoms with van der Waals surface area (Å²) in [5.41, 5.74) is 0. The first-order chi connectivity index (χ1) is 8.91. The predicted molar refractivity (Wildman–Crippen MR) is 84.4 cm³/mol. The Balaban J connectivity index is 3.82. The van der Waals surface area contributed by atoms with Gasteiger partial charge in [0.15, 0.2) is 0 Å². The van der Waals surface area contributed by atoms with Gasteiger partial charge in [-0.25, -0.2) is 0 Å². The smallest absolute Gasteiger partial charge is 0.0623 e. The lowest BCUT2D eigenvalue weighted by molar-refractivity contribution is 1.83. The van der Waals surface area contributed by atoms with Crippen molar-refractivity contribution in [2.75, 3.05) is 0 Å². The fraction of sp³-hybridized carbons (Fsp3) is 0. The van der Waals surface area contributed by atoms with E-state index >= 15 is 0 Å². The van der Waals surface area contributed by atoms with Crippen molar-refractivity contribution in [2.24, 2.45) is 0 Å². The Morgan fingerprint density at radius 2 is 0.444 bits per heavy atom. The van der Waals surface area contributed by atoms with Crippen molar-refractivity contribution in [3.05, 3.63) is 110 Å². The average Bonchev–Trinajstić information content (AvgIpc) is 2.39. The SMILES string of the molecule is C=C/C=C/C=C/C=C/C=C/C=C/C=C/C=C/C=C. The van der Waals surface area contributed by atoms with Crippen LogP contribution in [0.4, 0.5) is 0 Å². The summed E-state index contributed by atoms with van der Waals surface area (Å²) in [5.74, 6) is 0. The summed E-state index contributed by atoms with van der Waals surface area (Å²) in [6.07, 6.45) is 30.8. The molecule has 0 N–H and O–H groups in total. The van der Waals surface area contributed by atoms with Crippen molar-refractivity contribution < 1.29 is 0 Å². The van der Waals surface area contributed by atoms with E-state index in [-0.39, 0.29) is 0 Å². The Hall–Kier alpha value is -2.34. The van der Waals surface area contributed by atoms with E-state index in [2.05, 4.69) is 13.2 Å². The van der Waals surface area contributed by atoms with Crippen molar-refractivity contribution in [2.45, 2.75) is 0 Å². The highest BCUT2D eigenvalue weighted by molar-refractivity contribution is 5.21. The third kappa shape index (κ3) is 13.7. The first-order valence-corrected chi connectivity index (χ1v) is 5.82. The average molecular weight is 236 g/mol. The molecule has 18 heavy (non-hydrogen) atoms. The van der Waals surface area contributed by atoms with E-state index in [1.807, 2.05) is 85.1 Å². The summed E-state index contributed by atoms with van der Waals surface area (Å²) in [7, 11) is 0. The van der Waals surface area contributed by atoms with Crippen LogP contribution in [0, 0.1) is 0 Å². The summed E-state index contributed by atoms with van der Waals surface area (Å²) in [5, 5.41) is 0. The normalized spacial score (nSPS) is 13.6. The molecule has 0 radical (unpaired) electrons. The van der Waals surface area contributed by atoms with Gasteiger partial charge in [0, 0.05) is 0 Å². The Morgan fingerprint density at radius 3 is 0.611 bits per heavy atom. The molecule has 0 rings (SSSR count). The quantitative estimate of drug-likeness (QED) is 0.505. The minimum absolute atomic E-state index is 1.75. The summed E-state index contributed by atoms with van der Waals surface area (Å²) in [6.45, 7) is 7.18. The molecule has 0 aliphatic heterocycles. The molecule has 0 aromatic carbocycles. The van der Waals surface area contributed by atoms with Gasteiger partial charge in [-0.3, -0.25) is 0 Å². The molecule has 0 unspecified atom stereocenters. The highest BCUT2D eigenvalue weighted by atomic mass is 13.7. The third-order valence-electron chi connectivity index (χ3n) is 1.72. The highest BCUT2D eigenvalue weighted by Crippen LogP contribution is 1.85. The zero-order valence-corrected chi connectivity index (χ0v) is 10.7. The van der Waals surface area contributed by atoms with Crippen molar-refractivity contribution in [1.29, 1.82) is 0 Å². The molecule has 0 fully saturated rings. The summed E-state index contributed by atoms with van der Waals surface area (Å²) in [6, 6.07) is 0. The van der Waals surface area contributed by atoms with Gasteiger partial charge in [-0.1, -0.05) is 110 Å². The van der Waals surface area contributed by atoms with Crippen LogP contribution in [0.15, 0.2) is 110 Å². The van der Waals surface area contributed by atoms with Gasteiger partial charge in [-0.05, 0) is 0 Å². The minimum atomic E-state index is 1.75. The van der Waals surface area contributed by atoms with Crippen LogP contribution < -0.4 is 0 Å². The summed E-state index contributed by atoms with van der Waals surface area (Å²) < 4.78 is 0. The number of rotatable bonds is 8. The third-order valence-corrected chi connectivity index (χ3v) is 1.72. The van der Waals surface area contributed by atoms with E-state index in [0.717, 1.165) is 0 Å². The highest BCUT2D eigenvalue weighted by Gasteiger charge is 1.63. The maximum Gasteiger partial charge on any atom is -0.0623 e. The van der Waals surface area contributed by atoms with E-state index in [9.17, 15) is 0 Å². The van der Waals surface area contributed by atoms with E-state index < -0.39 is 0 Å². The molecule has 0 nitrogen and oxygen atoms in total. The molecule has 0 spiro atoms. The predicted octanol–water partition coefficient (Wildman–Crippen LogP) is 5.25. The second-order valence-corrected chi connectivity index (χ2v) is 3.17. The van der Waals surface area contributed by atoms with Gasteiger partial charge in [0.1, 0.15) is 0 Å². The molecular formula is C18H20. The largest absolute Gasteiger partial charge is 0.0991 e. The molecule has 0 atom stereocenters. The minimum Gasteiger partial charge on any atom is -0.0991 e. The maximum absolute atomic E-state index is 3.59. The molecule has 0 heteroatoms. The van der Waals surface area contributed by atoms with Gasteiger partial charge in [0.25, 0.3) is 0 Å². The summed E-state index contributed by atoms with van der Waals surface area (Å²) in [4.78, 5) is 0. The van der Waals surface area contributed by atoms with Crippen LogP contribution in [-0.2, 0) is 0 Å². The van der Waals surface area contributed by atoms with E-state index in [0.29, 0.717) is 0 Å². The van der Waals surface area contributed by atoms with Crippen molar-refractivity contribution >= 4 is 0 Å². The van der Waals surface area contributed by atoms with Gasteiger partial charge in [0.2, 0.25) is 0 Å². The molecule has 0 aromatic rings. The molecule has 0 aliphatic carbocycles. The molecule has 0 aliphatic rings. The molecule has 0 aromatic heterocycles. The fourth-order valence-electron chi connectivity index (χ4n) is 0.927. The fourth-order valence-corrected chi connectivity index (χ4v) is 0.927. The number of allylic oxidation sites excluding steroid dienone is 16. The molecule has 0 saturated heterocycles. The molecule has 0 bridgehead atoms. The molecular weight excluding hydrogens is 216 g/mol. The van der Waals surface area contributed by atoms with Gasteiger partial charge < -0.3 is 0 Å². The van der Waals surface area contributed by atoms with Crippen molar-refractivity contribution in [3.63, 3.8) is 0 Å². The summed E-state index contributed by atoms with van der Waals surface area (Å²) >= 11 is 0. The van der Waals surface area contributed by atoms with Crippen LogP contribution >= 0.6 is 0 Å². The zero-order valence-electron chi connectivity index (χ0n) is 10.7. The second-order valence-electron chi connectivity index (χ2n) is 3.17. The van der Waals surface area contributed by atoms with Crippen molar-refractivity contribution in [3.8, 4) is 0 Å². The van der Waals surface area contributed by atoms with E-state index in [4.69, 9.17) is 0 Å². The Bertz CT molecular complexity index is 367. The molecule has 0 saturated carbocycles. The van der Waals surface area contributed by atoms with Crippen LogP contribution in [0.1, 0.15) is 0 Å². The first-order valence-electron chi connectivity index (χ1n) is 5.82. The van der Waals surface area contributed by atoms with Gasteiger partial charge >= 0.3 is 0 Å². The lowest BCUT2D eigenvalue weighted by atomic mass is 10.3. The maximum atomic E-state index is 3.59. The van der Waals surface area contributed by atoms with Gasteiger partial charge in [-0.2, -0.15) is 0 Å². The Labute approximate surface area is 111 Å². The van der Waals surface area contributed by atoms with Crippen molar-refractivity contribution in [1.82, 2.24) is 0 Å². The van der Waals surface area contributed by atoms with Crippen LogP contribution in [0.5, 0.6) is 0 Å². The topological polar surface area (TPSA) is 0 Å². The van der Waals surface area contributed by atoms with Crippen LogP contribution in [-0.4, -0.2) is 0 Å². The van der Waals surface area contributed by atoms with Crippen LogP contribution in [0.3, 0.4) is 0 Å². The zero-order chi connectivity index (χ0) is 13.3. The molecule has 92 valence electrons. The van der Waals surface area contributed by atoms with Crippen LogP contribution in [0.2, 0.25) is 0 Å². The van der Waals surface area contributed by atoms with E-state index in [1.54, 1.807) is 12.2 Å².